The van der Waals surface area contributed by atoms with E-state index in [1.807, 2.05) is 6.92 Å². The monoisotopic (exact) mass is 305 g/mol. The molecule has 6 nitrogen and oxygen atoms in total. The van der Waals surface area contributed by atoms with Crippen molar-refractivity contribution in [2.45, 2.75) is 30.3 Å². The molecule has 1 fully saturated rings. The number of nitrogens with zero attached hydrogens (tertiary/aromatic N) is 1. The van der Waals surface area contributed by atoms with Crippen LogP contribution in [0.5, 0.6) is 0 Å². The van der Waals surface area contributed by atoms with Gasteiger partial charge in [-0.25, -0.2) is 13.2 Å². The topological polar surface area (TPSA) is 94.9 Å². The molecule has 0 aliphatic carbocycles. The summed E-state index contributed by atoms with van der Waals surface area (Å²) in [6, 6.07) is 1.29. The van der Waals surface area contributed by atoms with Gasteiger partial charge in [0, 0.05) is 13.1 Å². The van der Waals surface area contributed by atoms with E-state index >= 15 is 0 Å². The maximum atomic E-state index is 12.3. The van der Waals surface area contributed by atoms with Gasteiger partial charge in [0.2, 0.25) is 10.0 Å². The first-order valence-corrected chi connectivity index (χ1v) is 8.15. The highest BCUT2D eigenvalue weighted by atomic mass is 32.2. The fraction of sp³-hybridized carbons (Fsp3) is 0.545. The highest BCUT2D eigenvalue weighted by Gasteiger charge is 2.47. The zero-order chi connectivity index (χ0) is 14.3. The van der Waals surface area contributed by atoms with Gasteiger partial charge in [0.25, 0.3) is 0 Å². The Balaban J connectivity index is 2.21. The second kappa shape index (κ2) is 4.86. The maximum Gasteiger partial charge on any atom is 0.347 e. The van der Waals surface area contributed by atoms with Crippen molar-refractivity contribution in [3.63, 3.8) is 0 Å². The van der Waals surface area contributed by atoms with Crippen molar-refractivity contribution in [2.24, 2.45) is 0 Å². The molecule has 2 rings (SSSR count). The van der Waals surface area contributed by atoms with Crippen LogP contribution in [0.25, 0.3) is 0 Å². The smallest absolute Gasteiger partial charge is 0.347 e. The van der Waals surface area contributed by atoms with Crippen LogP contribution in [0.15, 0.2) is 16.3 Å². The molecular weight excluding hydrogens is 290 g/mol. The highest BCUT2D eigenvalue weighted by Crippen LogP contribution is 2.33. The van der Waals surface area contributed by atoms with Crippen molar-refractivity contribution in [3.8, 4) is 0 Å². The predicted molar refractivity (Wildman–Crippen MR) is 69.9 cm³/mol. The number of aliphatic hydroxyl groups is 1. The standard InChI is InChI=1S/C11H15NO5S2/c1-2-4-11(15)6-12(7-11)19(16,17)8-3-5-18-9(8)10(13)14/h3,5,15H,2,4,6-7H2,1H3,(H,13,14). The minimum absolute atomic E-state index is 0.0259. The van der Waals surface area contributed by atoms with Gasteiger partial charge in [-0.15, -0.1) is 11.3 Å². The lowest BCUT2D eigenvalue weighted by Gasteiger charge is -2.45. The van der Waals surface area contributed by atoms with Crippen molar-refractivity contribution >= 4 is 27.3 Å². The van der Waals surface area contributed by atoms with Crippen molar-refractivity contribution in [2.75, 3.05) is 13.1 Å². The Kier molecular flexibility index (Phi) is 3.69. The summed E-state index contributed by atoms with van der Waals surface area (Å²) in [4.78, 5) is 10.6. The van der Waals surface area contributed by atoms with Crippen molar-refractivity contribution in [1.29, 1.82) is 0 Å². The van der Waals surface area contributed by atoms with Gasteiger partial charge in [-0.05, 0) is 17.9 Å². The summed E-state index contributed by atoms with van der Waals surface area (Å²) in [7, 11) is -3.82. The van der Waals surface area contributed by atoms with Crippen molar-refractivity contribution in [3.05, 3.63) is 16.3 Å². The van der Waals surface area contributed by atoms with E-state index in [1.165, 1.54) is 11.4 Å². The molecule has 1 saturated heterocycles. The van der Waals surface area contributed by atoms with Gasteiger partial charge < -0.3 is 10.2 Å². The van der Waals surface area contributed by atoms with Gasteiger partial charge in [0.1, 0.15) is 9.77 Å². The third-order valence-electron chi connectivity index (χ3n) is 3.10. The minimum Gasteiger partial charge on any atom is -0.477 e. The van der Waals surface area contributed by atoms with Gasteiger partial charge in [-0.3, -0.25) is 0 Å². The summed E-state index contributed by atoms with van der Waals surface area (Å²) in [5, 5.41) is 20.4. The van der Waals surface area contributed by atoms with Gasteiger partial charge in [0.05, 0.1) is 5.60 Å². The molecule has 0 unspecified atom stereocenters. The first kappa shape index (κ1) is 14.4. The summed E-state index contributed by atoms with van der Waals surface area (Å²) >= 11 is 0.879. The van der Waals surface area contributed by atoms with Gasteiger partial charge in [-0.1, -0.05) is 13.3 Å². The van der Waals surface area contributed by atoms with E-state index in [4.69, 9.17) is 5.11 Å². The van der Waals surface area contributed by atoms with Crippen LogP contribution in [0, 0.1) is 0 Å². The average Bonchev–Trinajstić information content (AvgIpc) is 2.75. The van der Waals surface area contributed by atoms with E-state index in [0.29, 0.717) is 6.42 Å². The summed E-state index contributed by atoms with van der Waals surface area (Å²) in [5.74, 6) is -1.25. The Morgan fingerprint density at radius 2 is 2.16 bits per heavy atom. The number of carboxylic acids is 1. The summed E-state index contributed by atoms with van der Waals surface area (Å²) < 4.78 is 25.6. The van der Waals surface area contributed by atoms with E-state index in [9.17, 15) is 18.3 Å². The lowest BCUT2D eigenvalue weighted by Crippen LogP contribution is -2.63. The quantitative estimate of drug-likeness (QED) is 0.845. The number of carbonyl (C=O) groups is 1. The Hall–Kier alpha value is -0.960. The lowest BCUT2D eigenvalue weighted by atomic mass is 9.92. The number of thiophene rings is 1. The van der Waals surface area contributed by atoms with Gasteiger partial charge >= 0.3 is 5.97 Å². The summed E-state index contributed by atoms with van der Waals surface area (Å²) in [6.07, 6.45) is 1.30. The largest absolute Gasteiger partial charge is 0.477 e. The average molecular weight is 305 g/mol. The van der Waals surface area contributed by atoms with Gasteiger partial charge in [-0.2, -0.15) is 4.31 Å². The molecule has 106 valence electrons. The van der Waals surface area contributed by atoms with Crippen LogP contribution in [0.2, 0.25) is 0 Å². The molecule has 0 spiro atoms. The van der Waals surface area contributed by atoms with E-state index < -0.39 is 21.6 Å². The van der Waals surface area contributed by atoms with Crippen LogP contribution in [0.4, 0.5) is 0 Å². The van der Waals surface area contributed by atoms with Crippen molar-refractivity contribution < 1.29 is 23.4 Å². The van der Waals surface area contributed by atoms with Crippen LogP contribution in [0.3, 0.4) is 0 Å². The molecule has 0 atom stereocenters. The third-order valence-corrected chi connectivity index (χ3v) is 5.96. The van der Waals surface area contributed by atoms with Crippen LogP contribution in [-0.4, -0.2) is 47.6 Å². The summed E-state index contributed by atoms with van der Waals surface area (Å²) in [5.41, 5.74) is -0.971. The zero-order valence-electron chi connectivity index (χ0n) is 10.4. The van der Waals surface area contributed by atoms with Crippen LogP contribution >= 0.6 is 11.3 Å². The molecule has 0 bridgehead atoms. The number of hydrogen-bond donors (Lipinski definition) is 2. The normalized spacial score (nSPS) is 19.1. The number of carboxylic acid groups (broad SMARTS) is 1. The number of hydrogen-bond acceptors (Lipinski definition) is 5. The molecule has 0 aromatic carbocycles. The molecule has 19 heavy (non-hydrogen) atoms. The fourth-order valence-electron chi connectivity index (χ4n) is 2.20. The van der Waals surface area contributed by atoms with Crippen LogP contribution < -0.4 is 0 Å². The number of aromatic carboxylic acids is 1. The number of rotatable bonds is 5. The Morgan fingerprint density at radius 1 is 1.53 bits per heavy atom. The Morgan fingerprint density at radius 3 is 2.68 bits per heavy atom. The van der Waals surface area contributed by atoms with E-state index in [0.717, 1.165) is 22.1 Å². The second-order valence-electron chi connectivity index (χ2n) is 4.67. The van der Waals surface area contributed by atoms with E-state index in [1.54, 1.807) is 0 Å². The highest BCUT2D eigenvalue weighted by molar-refractivity contribution is 7.89. The maximum absolute atomic E-state index is 12.3. The molecule has 8 heteroatoms. The fourth-order valence-corrected chi connectivity index (χ4v) is 5.03. The van der Waals surface area contributed by atoms with Crippen molar-refractivity contribution in [1.82, 2.24) is 4.31 Å². The molecular formula is C11H15NO5S2. The SMILES string of the molecule is CCCC1(O)CN(S(=O)(=O)c2ccsc2C(=O)O)C1. The van der Waals surface area contributed by atoms with Gasteiger partial charge in [0.15, 0.2) is 0 Å². The molecule has 1 aromatic rings. The molecule has 1 aliphatic heterocycles. The number of β-amino-alcohol motifs (C(OH)–C–C–N with tert-alkyl or cyclic N) is 1. The van der Waals surface area contributed by atoms with Crippen LogP contribution in [-0.2, 0) is 10.0 Å². The molecule has 2 heterocycles. The molecule has 0 radical (unpaired) electrons. The molecule has 1 aromatic heterocycles. The zero-order valence-corrected chi connectivity index (χ0v) is 12.0. The number of sulfonamides is 1. The van der Waals surface area contributed by atoms with Crippen LogP contribution in [0.1, 0.15) is 29.4 Å². The van der Waals surface area contributed by atoms with E-state index in [-0.39, 0.29) is 22.9 Å². The minimum atomic E-state index is -3.82. The Labute approximate surface area is 115 Å². The molecule has 0 saturated carbocycles. The van der Waals surface area contributed by atoms with E-state index in [2.05, 4.69) is 0 Å². The first-order valence-electron chi connectivity index (χ1n) is 5.83. The Bertz CT molecular complexity index is 586. The molecule has 0 amide bonds. The second-order valence-corrected chi connectivity index (χ2v) is 7.49. The molecule has 1 aliphatic rings. The molecule has 2 N–H and O–H groups in total. The first-order chi connectivity index (χ1) is 8.80. The summed E-state index contributed by atoms with van der Waals surface area (Å²) in [6.45, 7) is 1.96. The third kappa shape index (κ3) is 2.53. The lowest BCUT2D eigenvalue weighted by molar-refractivity contribution is -0.0653. The predicted octanol–water partition coefficient (Wildman–Crippen LogP) is 0.982.